The summed E-state index contributed by atoms with van der Waals surface area (Å²) in [5.74, 6) is 0.0759. The van der Waals surface area contributed by atoms with Gasteiger partial charge >= 0.3 is 0 Å². The molecule has 0 bridgehead atoms. The zero-order valence-corrected chi connectivity index (χ0v) is 16.8. The van der Waals surface area contributed by atoms with Crippen LogP contribution in [0.3, 0.4) is 0 Å². The van der Waals surface area contributed by atoms with Gasteiger partial charge in [0.1, 0.15) is 5.69 Å². The lowest BCUT2D eigenvalue weighted by atomic mass is 9.99. The zero-order valence-electron chi connectivity index (χ0n) is 16.0. The number of hydrogen-bond donors (Lipinski definition) is 0. The molecule has 5 heteroatoms. The maximum absolute atomic E-state index is 12.9. The molecule has 4 nitrogen and oxygen atoms in total. The van der Waals surface area contributed by atoms with Crippen molar-refractivity contribution < 1.29 is 4.79 Å². The molecule has 4 rings (SSSR count). The molecule has 3 aromatic rings. The predicted octanol–water partition coefficient (Wildman–Crippen LogP) is 5.46. The molecule has 1 aliphatic heterocycles. The summed E-state index contributed by atoms with van der Waals surface area (Å²) in [7, 11) is 0. The van der Waals surface area contributed by atoms with Crippen molar-refractivity contribution in [1.82, 2.24) is 14.5 Å². The number of carbonyl (C=O) groups is 1. The van der Waals surface area contributed by atoms with Crippen molar-refractivity contribution in [1.29, 1.82) is 0 Å². The summed E-state index contributed by atoms with van der Waals surface area (Å²) in [4.78, 5) is 14.9. The van der Waals surface area contributed by atoms with Crippen molar-refractivity contribution in [2.75, 3.05) is 6.54 Å². The van der Waals surface area contributed by atoms with Crippen molar-refractivity contribution in [2.24, 2.45) is 0 Å². The maximum Gasteiger partial charge on any atom is 0.246 e. The fourth-order valence-electron chi connectivity index (χ4n) is 4.00. The summed E-state index contributed by atoms with van der Waals surface area (Å²) in [6.07, 6.45) is 9.88. The highest BCUT2D eigenvalue weighted by Gasteiger charge is 2.24. The summed E-state index contributed by atoms with van der Waals surface area (Å²) in [6.45, 7) is 2.99. The van der Waals surface area contributed by atoms with E-state index in [1.54, 1.807) is 6.08 Å². The Morgan fingerprint density at radius 3 is 2.86 bits per heavy atom. The molecule has 1 aliphatic rings. The lowest BCUT2D eigenvalue weighted by Crippen LogP contribution is -2.42. The second-order valence-corrected chi connectivity index (χ2v) is 7.60. The third-order valence-corrected chi connectivity index (χ3v) is 5.81. The summed E-state index contributed by atoms with van der Waals surface area (Å²) < 4.78 is 1.83. The van der Waals surface area contributed by atoms with Crippen LogP contribution in [0.5, 0.6) is 0 Å². The highest BCUT2D eigenvalue weighted by atomic mass is 35.5. The van der Waals surface area contributed by atoms with E-state index in [4.69, 9.17) is 16.7 Å². The molecule has 3 heterocycles. The number of carbonyl (C=O) groups excluding carboxylic acids is 1. The Morgan fingerprint density at radius 1 is 1.21 bits per heavy atom. The van der Waals surface area contributed by atoms with Crippen LogP contribution < -0.4 is 0 Å². The number of halogens is 1. The molecule has 1 aromatic carbocycles. The molecule has 0 N–H and O–H groups in total. The lowest BCUT2D eigenvalue weighted by Gasteiger charge is -2.34. The minimum absolute atomic E-state index is 0.0759. The molecular weight excluding hydrogens is 370 g/mol. The first kappa shape index (κ1) is 18.8. The Labute approximate surface area is 170 Å². The quantitative estimate of drug-likeness (QED) is 0.552. The fourth-order valence-corrected chi connectivity index (χ4v) is 4.23. The normalized spacial score (nSPS) is 17.5. The van der Waals surface area contributed by atoms with Crippen molar-refractivity contribution in [3.63, 3.8) is 0 Å². The van der Waals surface area contributed by atoms with Crippen LogP contribution in [-0.4, -0.2) is 33.0 Å². The molecule has 1 fully saturated rings. The standard InChI is InChI=1S/C23H24ClN3O/c1-2-17-9-5-7-15-26(17)22(28)14-13-19-21-12-6-8-16-27(21)25-23(19)18-10-3-4-11-20(18)24/h3-4,6,8,10-14,16-17H,2,5,7,9,15H2,1H3. The highest BCUT2D eigenvalue weighted by molar-refractivity contribution is 6.33. The number of rotatable bonds is 4. The van der Waals surface area contributed by atoms with Crippen LogP contribution in [0, 0.1) is 0 Å². The molecule has 0 spiro atoms. The minimum atomic E-state index is 0.0759. The fraction of sp³-hybridized carbons (Fsp3) is 0.304. The van der Waals surface area contributed by atoms with Crippen LogP contribution >= 0.6 is 11.6 Å². The van der Waals surface area contributed by atoms with E-state index in [-0.39, 0.29) is 5.91 Å². The van der Waals surface area contributed by atoms with Crippen molar-refractivity contribution in [3.8, 4) is 11.3 Å². The average molecular weight is 394 g/mol. The van der Waals surface area contributed by atoms with Crippen LogP contribution in [0.4, 0.5) is 0 Å². The first-order valence-electron chi connectivity index (χ1n) is 9.90. The summed E-state index contributed by atoms with van der Waals surface area (Å²) in [5.41, 5.74) is 3.51. The number of benzene rings is 1. The maximum atomic E-state index is 12.9. The number of nitrogens with zero attached hydrogens (tertiary/aromatic N) is 3. The minimum Gasteiger partial charge on any atom is -0.336 e. The van der Waals surface area contributed by atoms with E-state index in [9.17, 15) is 4.79 Å². The Hall–Kier alpha value is -2.59. The molecule has 0 aliphatic carbocycles. The van der Waals surface area contributed by atoms with Crippen LogP contribution in [0.25, 0.3) is 22.9 Å². The Kier molecular flexibility index (Phi) is 5.49. The van der Waals surface area contributed by atoms with E-state index >= 15 is 0 Å². The van der Waals surface area contributed by atoms with Crippen molar-refractivity contribution in [2.45, 2.75) is 38.6 Å². The molecule has 1 saturated heterocycles. The number of aromatic nitrogens is 2. The molecule has 1 amide bonds. The summed E-state index contributed by atoms with van der Waals surface area (Å²) in [6, 6.07) is 13.9. The largest absolute Gasteiger partial charge is 0.336 e. The monoisotopic (exact) mass is 393 g/mol. The molecule has 0 saturated carbocycles. The van der Waals surface area contributed by atoms with E-state index in [0.717, 1.165) is 48.1 Å². The number of likely N-dealkylation sites (tertiary alicyclic amines) is 1. The highest BCUT2D eigenvalue weighted by Crippen LogP contribution is 2.32. The van der Waals surface area contributed by atoms with Gasteiger partial charge in [-0.3, -0.25) is 4.79 Å². The van der Waals surface area contributed by atoms with Gasteiger partial charge in [-0.05, 0) is 50.0 Å². The first-order chi connectivity index (χ1) is 13.7. The third kappa shape index (κ3) is 3.57. The van der Waals surface area contributed by atoms with Crippen molar-refractivity contribution >= 4 is 29.1 Å². The van der Waals surface area contributed by atoms with Gasteiger partial charge in [0.15, 0.2) is 0 Å². The second kappa shape index (κ2) is 8.19. The van der Waals surface area contributed by atoms with Gasteiger partial charge in [-0.15, -0.1) is 0 Å². The van der Waals surface area contributed by atoms with Gasteiger partial charge in [0.05, 0.1) is 10.5 Å². The van der Waals surface area contributed by atoms with E-state index in [0.29, 0.717) is 11.1 Å². The van der Waals surface area contributed by atoms with Crippen LogP contribution in [-0.2, 0) is 4.79 Å². The molecule has 1 unspecified atom stereocenters. The average Bonchev–Trinajstić information content (AvgIpc) is 3.10. The van der Waals surface area contributed by atoms with E-state index in [1.807, 2.05) is 64.2 Å². The summed E-state index contributed by atoms with van der Waals surface area (Å²) in [5, 5.41) is 5.37. The smallest absolute Gasteiger partial charge is 0.246 e. The van der Waals surface area contributed by atoms with Gasteiger partial charge in [0.2, 0.25) is 5.91 Å². The number of amides is 1. The van der Waals surface area contributed by atoms with Crippen LogP contribution in [0.15, 0.2) is 54.7 Å². The van der Waals surface area contributed by atoms with Crippen molar-refractivity contribution in [3.05, 3.63) is 65.3 Å². The van der Waals surface area contributed by atoms with Gasteiger partial charge in [-0.1, -0.05) is 42.8 Å². The predicted molar refractivity (Wildman–Crippen MR) is 114 cm³/mol. The van der Waals surface area contributed by atoms with E-state index < -0.39 is 0 Å². The molecule has 2 aromatic heterocycles. The molecule has 28 heavy (non-hydrogen) atoms. The van der Waals surface area contributed by atoms with Gasteiger partial charge in [-0.25, -0.2) is 4.52 Å². The number of piperidine rings is 1. The zero-order chi connectivity index (χ0) is 19.5. The third-order valence-electron chi connectivity index (χ3n) is 5.48. The van der Waals surface area contributed by atoms with E-state index in [2.05, 4.69) is 6.92 Å². The van der Waals surface area contributed by atoms with Gasteiger partial charge < -0.3 is 4.90 Å². The lowest BCUT2D eigenvalue weighted by molar-refractivity contribution is -0.129. The Bertz CT molecular complexity index is 1020. The first-order valence-corrected chi connectivity index (χ1v) is 10.3. The number of fused-ring (bicyclic) bond motifs is 1. The van der Waals surface area contributed by atoms with E-state index in [1.165, 1.54) is 6.42 Å². The van der Waals surface area contributed by atoms with Crippen LogP contribution in [0.2, 0.25) is 5.02 Å². The molecular formula is C23H24ClN3O. The number of pyridine rings is 1. The second-order valence-electron chi connectivity index (χ2n) is 7.20. The van der Waals surface area contributed by atoms with Gasteiger partial charge in [-0.2, -0.15) is 5.10 Å². The summed E-state index contributed by atoms with van der Waals surface area (Å²) >= 11 is 6.43. The Balaban J connectivity index is 1.73. The SMILES string of the molecule is CCC1CCCCN1C(=O)C=Cc1c(-c2ccccc2Cl)nn2ccccc12. The molecule has 1 atom stereocenters. The van der Waals surface area contributed by atoms with Gasteiger partial charge in [0, 0.05) is 36.0 Å². The Morgan fingerprint density at radius 2 is 2.04 bits per heavy atom. The van der Waals surface area contributed by atoms with Crippen LogP contribution in [0.1, 0.15) is 38.2 Å². The topological polar surface area (TPSA) is 37.6 Å². The number of hydrogen-bond acceptors (Lipinski definition) is 2. The molecule has 144 valence electrons. The molecule has 0 radical (unpaired) electrons. The van der Waals surface area contributed by atoms with Gasteiger partial charge in [0.25, 0.3) is 0 Å².